The Labute approximate surface area is 128 Å². The fourth-order valence-electron chi connectivity index (χ4n) is 2.04. The molecule has 0 unspecified atom stereocenters. The molecule has 21 heavy (non-hydrogen) atoms. The smallest absolute Gasteiger partial charge is 0.260 e. The number of hydrogen-bond donors (Lipinski definition) is 1. The number of nitrogens with one attached hydrogen (secondary N) is 1. The van der Waals surface area contributed by atoms with Crippen LogP contribution in [0.25, 0.3) is 0 Å². The molecule has 2 rings (SSSR count). The summed E-state index contributed by atoms with van der Waals surface area (Å²) in [6.07, 6.45) is 3.30. The number of carbonyl (C=O) groups is 1. The standard InChI is InChI=1S/C17H17ClFNO/c1-2-3-5-12-8-10-13(11-9-12)20-17(21)16-14(18)6-4-7-15(16)19/h4,6-11H,2-3,5H2,1H3,(H,20,21). The summed E-state index contributed by atoms with van der Waals surface area (Å²) >= 11 is 5.87. The van der Waals surface area contributed by atoms with Crippen LogP contribution in [0.15, 0.2) is 42.5 Å². The van der Waals surface area contributed by atoms with Crippen molar-refractivity contribution in [2.24, 2.45) is 0 Å². The number of unbranched alkanes of at least 4 members (excludes halogenated alkanes) is 1. The molecule has 0 heterocycles. The van der Waals surface area contributed by atoms with E-state index in [0.717, 1.165) is 19.3 Å². The second kappa shape index (κ2) is 7.23. The fourth-order valence-corrected chi connectivity index (χ4v) is 2.29. The molecule has 0 aromatic heterocycles. The molecule has 0 atom stereocenters. The van der Waals surface area contributed by atoms with Crippen molar-refractivity contribution in [3.8, 4) is 0 Å². The van der Waals surface area contributed by atoms with Crippen LogP contribution in [0.2, 0.25) is 5.02 Å². The van der Waals surface area contributed by atoms with E-state index in [9.17, 15) is 9.18 Å². The maximum atomic E-state index is 13.7. The minimum Gasteiger partial charge on any atom is -0.322 e. The molecule has 2 aromatic rings. The predicted octanol–water partition coefficient (Wildman–Crippen LogP) is 5.07. The van der Waals surface area contributed by atoms with E-state index in [1.165, 1.54) is 23.8 Å². The average Bonchev–Trinajstić information content (AvgIpc) is 2.46. The van der Waals surface area contributed by atoms with Crippen LogP contribution in [0.1, 0.15) is 35.7 Å². The summed E-state index contributed by atoms with van der Waals surface area (Å²) in [4.78, 5) is 12.1. The molecule has 2 aromatic carbocycles. The maximum absolute atomic E-state index is 13.7. The molecule has 0 saturated carbocycles. The second-order valence-corrected chi connectivity index (χ2v) is 5.26. The molecule has 0 fully saturated rings. The van der Waals surface area contributed by atoms with Crippen LogP contribution in [0.3, 0.4) is 0 Å². The van der Waals surface area contributed by atoms with Gasteiger partial charge in [-0.2, -0.15) is 0 Å². The van der Waals surface area contributed by atoms with E-state index < -0.39 is 11.7 Å². The third-order valence-electron chi connectivity index (χ3n) is 3.22. The first-order valence-corrected chi connectivity index (χ1v) is 7.34. The SMILES string of the molecule is CCCCc1ccc(NC(=O)c2c(F)cccc2Cl)cc1. The number of aryl methyl sites for hydroxylation is 1. The summed E-state index contributed by atoms with van der Waals surface area (Å²) in [5.74, 6) is -1.17. The molecule has 0 aliphatic carbocycles. The first-order chi connectivity index (χ1) is 10.1. The number of halogens is 2. The van der Waals surface area contributed by atoms with Crippen molar-refractivity contribution in [3.05, 3.63) is 64.4 Å². The van der Waals surface area contributed by atoms with Gasteiger partial charge in [0.2, 0.25) is 0 Å². The molecule has 0 aliphatic heterocycles. The van der Waals surface area contributed by atoms with Crippen LogP contribution in [-0.2, 0) is 6.42 Å². The van der Waals surface area contributed by atoms with E-state index in [4.69, 9.17) is 11.6 Å². The number of rotatable bonds is 5. The van der Waals surface area contributed by atoms with Crippen LogP contribution >= 0.6 is 11.6 Å². The Morgan fingerprint density at radius 1 is 1.19 bits per heavy atom. The Morgan fingerprint density at radius 2 is 1.90 bits per heavy atom. The van der Waals surface area contributed by atoms with E-state index in [1.54, 1.807) is 0 Å². The zero-order valence-corrected chi connectivity index (χ0v) is 12.6. The molecule has 0 bridgehead atoms. The number of benzene rings is 2. The van der Waals surface area contributed by atoms with Gasteiger partial charge in [0, 0.05) is 5.69 Å². The van der Waals surface area contributed by atoms with Crippen molar-refractivity contribution >= 4 is 23.2 Å². The highest BCUT2D eigenvalue weighted by Gasteiger charge is 2.15. The molecule has 0 aliphatic rings. The summed E-state index contributed by atoms with van der Waals surface area (Å²) in [6.45, 7) is 2.15. The Kier molecular flexibility index (Phi) is 5.34. The summed E-state index contributed by atoms with van der Waals surface area (Å²) in [5.41, 5.74) is 1.72. The number of anilines is 1. The van der Waals surface area contributed by atoms with Gasteiger partial charge in [-0.1, -0.05) is 43.1 Å². The third kappa shape index (κ3) is 4.05. The molecule has 0 radical (unpaired) electrons. The molecule has 0 saturated heterocycles. The van der Waals surface area contributed by atoms with Gasteiger partial charge in [0.1, 0.15) is 5.82 Å². The highest BCUT2D eigenvalue weighted by molar-refractivity contribution is 6.34. The van der Waals surface area contributed by atoms with Crippen molar-refractivity contribution in [2.45, 2.75) is 26.2 Å². The summed E-state index contributed by atoms with van der Waals surface area (Å²) in [7, 11) is 0. The zero-order valence-electron chi connectivity index (χ0n) is 11.8. The van der Waals surface area contributed by atoms with Crippen LogP contribution in [0.5, 0.6) is 0 Å². The molecule has 110 valence electrons. The van der Waals surface area contributed by atoms with Gasteiger partial charge in [-0.05, 0) is 42.7 Å². The Morgan fingerprint density at radius 3 is 2.52 bits per heavy atom. The molecular formula is C17H17ClFNO. The van der Waals surface area contributed by atoms with E-state index in [2.05, 4.69) is 12.2 Å². The van der Waals surface area contributed by atoms with E-state index >= 15 is 0 Å². The van der Waals surface area contributed by atoms with Crippen molar-refractivity contribution in [1.82, 2.24) is 0 Å². The highest BCUT2D eigenvalue weighted by Crippen LogP contribution is 2.21. The van der Waals surface area contributed by atoms with Crippen LogP contribution in [-0.4, -0.2) is 5.91 Å². The largest absolute Gasteiger partial charge is 0.322 e. The Bertz CT molecular complexity index is 605. The Balaban J connectivity index is 2.09. The topological polar surface area (TPSA) is 29.1 Å². The molecule has 1 amide bonds. The van der Waals surface area contributed by atoms with Gasteiger partial charge in [0.05, 0.1) is 10.6 Å². The lowest BCUT2D eigenvalue weighted by molar-refractivity contribution is 0.102. The number of hydrogen-bond acceptors (Lipinski definition) is 1. The lowest BCUT2D eigenvalue weighted by Gasteiger charge is -2.08. The second-order valence-electron chi connectivity index (χ2n) is 4.85. The van der Waals surface area contributed by atoms with Crippen LogP contribution in [0, 0.1) is 5.82 Å². The quantitative estimate of drug-likeness (QED) is 0.820. The minimum atomic E-state index is -0.625. The Hall–Kier alpha value is -1.87. The van der Waals surface area contributed by atoms with Crippen molar-refractivity contribution in [3.63, 3.8) is 0 Å². The molecule has 1 N–H and O–H groups in total. The fraction of sp³-hybridized carbons (Fsp3) is 0.235. The first-order valence-electron chi connectivity index (χ1n) is 6.96. The van der Waals surface area contributed by atoms with E-state index in [-0.39, 0.29) is 10.6 Å². The van der Waals surface area contributed by atoms with E-state index in [1.807, 2.05) is 24.3 Å². The average molecular weight is 306 g/mol. The monoisotopic (exact) mass is 305 g/mol. The number of amides is 1. The van der Waals surface area contributed by atoms with Crippen molar-refractivity contribution in [1.29, 1.82) is 0 Å². The van der Waals surface area contributed by atoms with E-state index in [0.29, 0.717) is 5.69 Å². The van der Waals surface area contributed by atoms with Crippen molar-refractivity contribution in [2.75, 3.05) is 5.32 Å². The predicted molar refractivity (Wildman–Crippen MR) is 84.4 cm³/mol. The van der Waals surface area contributed by atoms with Gasteiger partial charge < -0.3 is 5.32 Å². The summed E-state index contributed by atoms with van der Waals surface area (Å²) in [5, 5.41) is 2.76. The zero-order chi connectivity index (χ0) is 15.2. The molecule has 2 nitrogen and oxygen atoms in total. The van der Waals surface area contributed by atoms with Gasteiger partial charge in [-0.15, -0.1) is 0 Å². The molecular weight excluding hydrogens is 289 g/mol. The maximum Gasteiger partial charge on any atom is 0.260 e. The molecule has 4 heteroatoms. The van der Waals surface area contributed by atoms with Crippen LogP contribution < -0.4 is 5.32 Å². The summed E-state index contributed by atoms with van der Waals surface area (Å²) < 4.78 is 13.7. The normalized spacial score (nSPS) is 10.4. The molecule has 0 spiro atoms. The summed E-state index contributed by atoms with van der Waals surface area (Å²) in [6, 6.07) is 11.7. The van der Waals surface area contributed by atoms with Crippen LogP contribution in [0.4, 0.5) is 10.1 Å². The van der Waals surface area contributed by atoms with Gasteiger partial charge in [0.25, 0.3) is 5.91 Å². The van der Waals surface area contributed by atoms with Crippen molar-refractivity contribution < 1.29 is 9.18 Å². The highest BCUT2D eigenvalue weighted by atomic mass is 35.5. The first kappa shape index (κ1) is 15.5. The lowest BCUT2D eigenvalue weighted by Crippen LogP contribution is -2.14. The third-order valence-corrected chi connectivity index (χ3v) is 3.54. The van der Waals surface area contributed by atoms with Gasteiger partial charge >= 0.3 is 0 Å². The van der Waals surface area contributed by atoms with Gasteiger partial charge in [-0.3, -0.25) is 4.79 Å². The van der Waals surface area contributed by atoms with Gasteiger partial charge in [-0.25, -0.2) is 4.39 Å². The number of carbonyl (C=O) groups excluding carboxylic acids is 1. The van der Waals surface area contributed by atoms with Gasteiger partial charge in [0.15, 0.2) is 0 Å². The minimum absolute atomic E-state index is 0.104. The lowest BCUT2D eigenvalue weighted by atomic mass is 10.1.